The van der Waals surface area contributed by atoms with Crippen LogP contribution < -0.4 is 5.73 Å². The van der Waals surface area contributed by atoms with E-state index in [2.05, 4.69) is 41.8 Å². The molecule has 0 unspecified atom stereocenters. The maximum absolute atomic E-state index is 6.01. The quantitative estimate of drug-likeness (QED) is 0.637. The third-order valence-corrected chi connectivity index (χ3v) is 4.71. The molecule has 3 rings (SSSR count). The number of aryl methyl sites for hydroxylation is 1. The van der Waals surface area contributed by atoms with Crippen molar-refractivity contribution in [2.75, 3.05) is 5.73 Å². The summed E-state index contributed by atoms with van der Waals surface area (Å²) in [5.74, 6) is 0.532. The summed E-state index contributed by atoms with van der Waals surface area (Å²) in [6, 6.07) is 3.75. The molecule has 4 nitrogen and oxygen atoms in total. The third-order valence-electron chi connectivity index (χ3n) is 2.89. The van der Waals surface area contributed by atoms with Gasteiger partial charge in [0.05, 0.1) is 15.7 Å². The summed E-state index contributed by atoms with van der Waals surface area (Å²) in [5, 5.41) is 0. The number of aromatic nitrogens is 2. The lowest BCUT2D eigenvalue weighted by molar-refractivity contribution is 0.616. The number of fused-ring (bicyclic) bond motifs is 1. The summed E-state index contributed by atoms with van der Waals surface area (Å²) in [7, 11) is 0. The number of hydrogen-bond acceptors (Lipinski definition) is 4. The molecular weight excluding hydrogens is 374 g/mol. The average Bonchev–Trinajstić information content (AvgIpc) is 2.89. The van der Waals surface area contributed by atoms with Crippen LogP contribution in [-0.4, -0.2) is 9.97 Å². The molecule has 96 valence electrons. The van der Waals surface area contributed by atoms with Crippen LogP contribution in [0.5, 0.6) is 0 Å². The first kappa shape index (κ1) is 12.6. The monoisotopic (exact) mass is 381 g/mol. The number of nitrogen functional groups attached to an aromatic ring is 1. The topological polar surface area (TPSA) is 64.9 Å². The lowest BCUT2D eigenvalue weighted by Crippen LogP contribution is -1.92. The van der Waals surface area contributed by atoms with E-state index in [1.165, 1.54) is 0 Å². The van der Waals surface area contributed by atoms with Gasteiger partial charge in [0.25, 0.3) is 0 Å². The van der Waals surface area contributed by atoms with Crippen LogP contribution in [0.1, 0.15) is 5.56 Å². The molecule has 0 saturated heterocycles. The van der Waals surface area contributed by atoms with Gasteiger partial charge in [0.2, 0.25) is 5.89 Å². The number of rotatable bonds is 1. The van der Waals surface area contributed by atoms with Crippen molar-refractivity contribution in [3.8, 4) is 11.5 Å². The second-order valence-corrected chi connectivity index (χ2v) is 5.69. The highest BCUT2D eigenvalue weighted by Gasteiger charge is 2.18. The highest BCUT2D eigenvalue weighted by molar-refractivity contribution is 9.11. The van der Waals surface area contributed by atoms with Crippen LogP contribution in [0.15, 0.2) is 37.9 Å². The molecule has 0 bridgehead atoms. The summed E-state index contributed by atoms with van der Waals surface area (Å²) < 4.78 is 7.39. The fourth-order valence-electron chi connectivity index (χ4n) is 1.86. The summed E-state index contributed by atoms with van der Waals surface area (Å²) in [6.07, 6.45) is 3.42. The first-order chi connectivity index (χ1) is 9.09. The normalized spacial score (nSPS) is 11.1. The fourth-order valence-corrected chi connectivity index (χ4v) is 2.97. The van der Waals surface area contributed by atoms with Gasteiger partial charge in [-0.3, -0.25) is 4.98 Å². The minimum Gasteiger partial charge on any atom is -0.436 e. The van der Waals surface area contributed by atoms with Crippen molar-refractivity contribution in [3.63, 3.8) is 0 Å². The molecule has 0 atom stereocenters. The van der Waals surface area contributed by atoms with Gasteiger partial charge in [0.1, 0.15) is 5.52 Å². The number of nitrogens with two attached hydrogens (primary N) is 1. The van der Waals surface area contributed by atoms with Crippen molar-refractivity contribution in [1.82, 2.24) is 9.97 Å². The van der Waals surface area contributed by atoms with Gasteiger partial charge in [0, 0.05) is 22.4 Å². The maximum Gasteiger partial charge on any atom is 0.228 e. The van der Waals surface area contributed by atoms with Gasteiger partial charge in [-0.15, -0.1) is 0 Å². The third kappa shape index (κ3) is 1.95. The van der Waals surface area contributed by atoms with Gasteiger partial charge in [-0.2, -0.15) is 0 Å². The van der Waals surface area contributed by atoms with E-state index in [1.807, 2.05) is 19.1 Å². The van der Waals surface area contributed by atoms with Crippen LogP contribution in [0.4, 0.5) is 5.69 Å². The van der Waals surface area contributed by atoms with E-state index >= 15 is 0 Å². The Bertz CT molecular complexity index is 724. The van der Waals surface area contributed by atoms with Gasteiger partial charge < -0.3 is 10.2 Å². The molecule has 0 saturated carbocycles. The Morgan fingerprint density at radius 2 is 2.05 bits per heavy atom. The Balaban J connectivity index is 2.33. The second kappa shape index (κ2) is 4.61. The molecule has 19 heavy (non-hydrogen) atoms. The van der Waals surface area contributed by atoms with Crippen molar-refractivity contribution in [2.24, 2.45) is 0 Å². The molecule has 0 radical (unpaired) electrons. The highest BCUT2D eigenvalue weighted by Crippen LogP contribution is 2.40. The molecule has 0 fully saturated rings. The second-order valence-electron chi connectivity index (χ2n) is 4.11. The number of oxazole rings is 1. The van der Waals surface area contributed by atoms with Crippen molar-refractivity contribution >= 4 is 48.6 Å². The molecule has 0 aliphatic heterocycles. The summed E-state index contributed by atoms with van der Waals surface area (Å²) >= 11 is 6.92. The van der Waals surface area contributed by atoms with Crippen LogP contribution in [0, 0.1) is 6.92 Å². The van der Waals surface area contributed by atoms with Gasteiger partial charge in [-0.25, -0.2) is 4.98 Å². The standard InChI is InChI=1S/C13H9Br2N3O/c1-6-8(14)10(16)9(15)11-12(6)19-13(18-11)7-3-2-4-17-5-7/h2-5H,16H2,1H3. The van der Waals surface area contributed by atoms with E-state index in [0.717, 1.165) is 25.6 Å². The Morgan fingerprint density at radius 3 is 2.74 bits per heavy atom. The van der Waals surface area contributed by atoms with Gasteiger partial charge >= 0.3 is 0 Å². The van der Waals surface area contributed by atoms with Gasteiger partial charge in [-0.1, -0.05) is 0 Å². The SMILES string of the molecule is Cc1c(Br)c(N)c(Br)c2nc(-c3cccnc3)oc12. The van der Waals surface area contributed by atoms with E-state index in [1.54, 1.807) is 12.4 Å². The van der Waals surface area contributed by atoms with Crippen molar-refractivity contribution in [1.29, 1.82) is 0 Å². The largest absolute Gasteiger partial charge is 0.436 e. The molecule has 6 heteroatoms. The van der Waals surface area contributed by atoms with Crippen LogP contribution in [-0.2, 0) is 0 Å². The molecule has 2 heterocycles. The van der Waals surface area contributed by atoms with E-state index in [-0.39, 0.29) is 0 Å². The average molecular weight is 383 g/mol. The zero-order valence-corrected chi connectivity index (χ0v) is 13.1. The predicted molar refractivity (Wildman–Crippen MR) is 81.8 cm³/mol. The van der Waals surface area contributed by atoms with Crippen molar-refractivity contribution < 1.29 is 4.42 Å². The molecule has 0 aliphatic rings. The zero-order valence-electron chi connectivity index (χ0n) is 9.95. The maximum atomic E-state index is 6.01. The fraction of sp³-hybridized carbons (Fsp3) is 0.0769. The molecule has 2 N–H and O–H groups in total. The van der Waals surface area contributed by atoms with E-state index < -0.39 is 0 Å². The van der Waals surface area contributed by atoms with Crippen LogP contribution in [0.2, 0.25) is 0 Å². The smallest absolute Gasteiger partial charge is 0.228 e. The molecule has 3 aromatic rings. The van der Waals surface area contributed by atoms with E-state index in [9.17, 15) is 0 Å². The molecule has 1 aromatic carbocycles. The lowest BCUT2D eigenvalue weighted by Gasteiger charge is -2.05. The Hall–Kier alpha value is -1.40. The highest BCUT2D eigenvalue weighted by atomic mass is 79.9. The lowest BCUT2D eigenvalue weighted by atomic mass is 10.2. The summed E-state index contributed by atoms with van der Waals surface area (Å²) in [6.45, 7) is 1.94. The number of nitrogens with zero attached hydrogens (tertiary/aromatic N) is 2. The zero-order chi connectivity index (χ0) is 13.6. The number of hydrogen-bond donors (Lipinski definition) is 1. The number of halogens is 2. The number of benzene rings is 1. The van der Waals surface area contributed by atoms with Gasteiger partial charge in [0.15, 0.2) is 5.58 Å². The van der Waals surface area contributed by atoms with Crippen molar-refractivity contribution in [3.05, 3.63) is 39.0 Å². The first-order valence-corrected chi connectivity index (χ1v) is 7.12. The Labute approximate surface area is 126 Å². The molecule has 0 amide bonds. The Kier molecular flexibility index (Phi) is 3.06. The first-order valence-electron chi connectivity index (χ1n) is 5.53. The minimum atomic E-state index is 0.532. The summed E-state index contributed by atoms with van der Waals surface area (Å²) in [5.41, 5.74) is 9.83. The van der Waals surface area contributed by atoms with Crippen LogP contribution in [0.25, 0.3) is 22.6 Å². The minimum absolute atomic E-state index is 0.532. The molecular formula is C13H9Br2N3O. The summed E-state index contributed by atoms with van der Waals surface area (Å²) in [4.78, 5) is 8.56. The number of pyridine rings is 1. The van der Waals surface area contributed by atoms with E-state index in [4.69, 9.17) is 10.2 Å². The van der Waals surface area contributed by atoms with Crippen LogP contribution >= 0.6 is 31.9 Å². The van der Waals surface area contributed by atoms with Crippen LogP contribution in [0.3, 0.4) is 0 Å². The molecule has 0 aliphatic carbocycles. The number of anilines is 1. The molecule has 0 spiro atoms. The van der Waals surface area contributed by atoms with E-state index in [0.29, 0.717) is 17.2 Å². The molecule has 2 aromatic heterocycles. The Morgan fingerprint density at radius 1 is 1.26 bits per heavy atom. The van der Waals surface area contributed by atoms with Gasteiger partial charge in [-0.05, 0) is 50.9 Å². The predicted octanol–water partition coefficient (Wildman–Crippen LogP) is 4.31. The van der Waals surface area contributed by atoms with Crippen molar-refractivity contribution in [2.45, 2.75) is 6.92 Å².